The SMILES string of the molecule is Cc1cccc2cc(-c3ncnc(-c4ccc(-c5ccccc5)cc4)n3)ccc12. The van der Waals surface area contributed by atoms with Crippen molar-refractivity contribution in [3.8, 4) is 33.9 Å². The molecule has 0 unspecified atom stereocenters. The molecule has 0 aliphatic carbocycles. The Hall–Kier alpha value is -3.85. The summed E-state index contributed by atoms with van der Waals surface area (Å²) in [5, 5.41) is 2.44. The van der Waals surface area contributed by atoms with Crippen molar-refractivity contribution in [3.63, 3.8) is 0 Å². The van der Waals surface area contributed by atoms with Crippen LogP contribution < -0.4 is 0 Å². The van der Waals surface area contributed by atoms with Gasteiger partial charge in [0.1, 0.15) is 6.33 Å². The first-order valence-electron chi connectivity index (χ1n) is 9.62. The van der Waals surface area contributed by atoms with E-state index in [1.807, 2.05) is 18.2 Å². The summed E-state index contributed by atoms with van der Waals surface area (Å²) >= 11 is 0. The summed E-state index contributed by atoms with van der Waals surface area (Å²) in [6.45, 7) is 2.13. The van der Waals surface area contributed by atoms with E-state index in [1.165, 1.54) is 27.5 Å². The summed E-state index contributed by atoms with van der Waals surface area (Å²) < 4.78 is 0. The Bertz CT molecular complexity index is 1290. The van der Waals surface area contributed by atoms with Gasteiger partial charge in [-0.15, -0.1) is 0 Å². The van der Waals surface area contributed by atoms with Gasteiger partial charge in [-0.2, -0.15) is 0 Å². The number of aryl methyl sites for hydroxylation is 1. The molecule has 5 rings (SSSR count). The zero-order valence-corrected chi connectivity index (χ0v) is 16.1. The minimum Gasteiger partial charge on any atom is -0.217 e. The van der Waals surface area contributed by atoms with Gasteiger partial charge in [-0.3, -0.25) is 0 Å². The van der Waals surface area contributed by atoms with Crippen molar-refractivity contribution in [2.24, 2.45) is 0 Å². The fourth-order valence-corrected chi connectivity index (χ4v) is 3.60. The van der Waals surface area contributed by atoms with Crippen LogP contribution in [0.25, 0.3) is 44.7 Å². The van der Waals surface area contributed by atoms with E-state index in [4.69, 9.17) is 4.98 Å². The van der Waals surface area contributed by atoms with Crippen molar-refractivity contribution in [1.29, 1.82) is 0 Å². The van der Waals surface area contributed by atoms with E-state index in [0.29, 0.717) is 11.6 Å². The first kappa shape index (κ1) is 17.3. The molecule has 0 N–H and O–H groups in total. The summed E-state index contributed by atoms with van der Waals surface area (Å²) in [6, 6.07) is 31.3. The van der Waals surface area contributed by atoms with Gasteiger partial charge < -0.3 is 0 Å². The molecule has 0 amide bonds. The number of benzene rings is 4. The highest BCUT2D eigenvalue weighted by Crippen LogP contribution is 2.26. The van der Waals surface area contributed by atoms with Crippen LogP contribution in [0, 0.1) is 6.92 Å². The van der Waals surface area contributed by atoms with Gasteiger partial charge in [-0.1, -0.05) is 84.9 Å². The lowest BCUT2D eigenvalue weighted by atomic mass is 10.0. The maximum absolute atomic E-state index is 4.72. The molecule has 0 bridgehead atoms. The van der Waals surface area contributed by atoms with Crippen LogP contribution in [0.3, 0.4) is 0 Å². The van der Waals surface area contributed by atoms with Crippen LogP contribution >= 0.6 is 0 Å². The Labute approximate surface area is 169 Å². The fraction of sp³-hybridized carbons (Fsp3) is 0.0385. The third kappa shape index (κ3) is 3.39. The topological polar surface area (TPSA) is 38.7 Å². The molecular weight excluding hydrogens is 354 g/mol. The van der Waals surface area contributed by atoms with Crippen LogP contribution in [-0.4, -0.2) is 15.0 Å². The Morgan fingerprint density at radius 3 is 2.00 bits per heavy atom. The van der Waals surface area contributed by atoms with Crippen molar-refractivity contribution in [1.82, 2.24) is 15.0 Å². The molecule has 4 aromatic carbocycles. The molecule has 0 saturated carbocycles. The number of aromatic nitrogens is 3. The van der Waals surface area contributed by atoms with Crippen molar-refractivity contribution >= 4 is 10.8 Å². The molecule has 0 saturated heterocycles. The van der Waals surface area contributed by atoms with Crippen LogP contribution in [0.1, 0.15) is 5.56 Å². The predicted octanol–water partition coefficient (Wildman–Crippen LogP) is 6.33. The second-order valence-electron chi connectivity index (χ2n) is 7.09. The molecule has 1 aromatic heterocycles. The summed E-state index contributed by atoms with van der Waals surface area (Å²) in [6.07, 6.45) is 1.59. The molecule has 0 aliphatic heterocycles. The summed E-state index contributed by atoms with van der Waals surface area (Å²) in [4.78, 5) is 13.5. The number of nitrogens with zero attached hydrogens (tertiary/aromatic N) is 3. The largest absolute Gasteiger partial charge is 0.217 e. The molecule has 3 heteroatoms. The van der Waals surface area contributed by atoms with Crippen LogP contribution in [0.2, 0.25) is 0 Å². The minimum atomic E-state index is 0.680. The van der Waals surface area contributed by atoms with Crippen LogP contribution in [0.15, 0.2) is 97.3 Å². The number of fused-ring (bicyclic) bond motifs is 1. The molecule has 0 spiro atoms. The number of hydrogen-bond donors (Lipinski definition) is 0. The van der Waals surface area contributed by atoms with E-state index in [0.717, 1.165) is 11.1 Å². The highest BCUT2D eigenvalue weighted by Gasteiger charge is 2.08. The van der Waals surface area contributed by atoms with Crippen LogP contribution in [0.4, 0.5) is 0 Å². The molecule has 0 fully saturated rings. The predicted molar refractivity (Wildman–Crippen MR) is 118 cm³/mol. The van der Waals surface area contributed by atoms with Gasteiger partial charge in [0, 0.05) is 11.1 Å². The maximum atomic E-state index is 4.72. The van der Waals surface area contributed by atoms with Crippen molar-refractivity contribution < 1.29 is 0 Å². The van der Waals surface area contributed by atoms with E-state index in [9.17, 15) is 0 Å². The standard InChI is InChI=1S/C26H19N3/c1-18-6-5-9-22-16-23(14-15-24(18)22)26-28-17-27-25(29-26)21-12-10-20(11-13-21)19-7-3-2-4-8-19/h2-17H,1H3. The second-order valence-corrected chi connectivity index (χ2v) is 7.09. The maximum Gasteiger partial charge on any atom is 0.163 e. The molecule has 0 radical (unpaired) electrons. The Balaban J connectivity index is 1.50. The molecule has 0 aliphatic rings. The van der Waals surface area contributed by atoms with Gasteiger partial charge in [0.2, 0.25) is 0 Å². The van der Waals surface area contributed by atoms with E-state index in [2.05, 4.69) is 89.7 Å². The van der Waals surface area contributed by atoms with E-state index in [-0.39, 0.29) is 0 Å². The number of hydrogen-bond acceptors (Lipinski definition) is 3. The highest BCUT2D eigenvalue weighted by atomic mass is 15.0. The third-order valence-electron chi connectivity index (χ3n) is 5.18. The quantitative estimate of drug-likeness (QED) is 0.371. The van der Waals surface area contributed by atoms with Gasteiger partial charge >= 0.3 is 0 Å². The molecule has 0 atom stereocenters. The highest BCUT2D eigenvalue weighted by molar-refractivity contribution is 5.89. The Morgan fingerprint density at radius 1 is 0.552 bits per heavy atom. The third-order valence-corrected chi connectivity index (χ3v) is 5.18. The molecule has 3 nitrogen and oxygen atoms in total. The van der Waals surface area contributed by atoms with Crippen molar-refractivity contribution in [2.75, 3.05) is 0 Å². The number of rotatable bonds is 3. The smallest absolute Gasteiger partial charge is 0.163 e. The monoisotopic (exact) mass is 373 g/mol. The molecule has 5 aromatic rings. The molecule has 138 valence electrons. The fourth-order valence-electron chi connectivity index (χ4n) is 3.60. The average molecular weight is 373 g/mol. The zero-order valence-electron chi connectivity index (χ0n) is 16.1. The van der Waals surface area contributed by atoms with Gasteiger partial charge in [0.15, 0.2) is 11.6 Å². The Morgan fingerprint density at radius 2 is 1.21 bits per heavy atom. The molecule has 1 heterocycles. The lowest BCUT2D eigenvalue weighted by Gasteiger charge is -2.07. The van der Waals surface area contributed by atoms with Crippen LogP contribution in [-0.2, 0) is 0 Å². The lowest BCUT2D eigenvalue weighted by Crippen LogP contribution is -1.95. The first-order valence-corrected chi connectivity index (χ1v) is 9.62. The Kier molecular flexibility index (Phi) is 4.34. The van der Waals surface area contributed by atoms with Gasteiger partial charge in [-0.25, -0.2) is 15.0 Å². The molecular formula is C26H19N3. The van der Waals surface area contributed by atoms with E-state index >= 15 is 0 Å². The van der Waals surface area contributed by atoms with Crippen molar-refractivity contribution in [3.05, 3.63) is 103 Å². The lowest BCUT2D eigenvalue weighted by molar-refractivity contribution is 1.07. The normalized spacial score (nSPS) is 10.9. The summed E-state index contributed by atoms with van der Waals surface area (Å²) in [7, 11) is 0. The first-order chi connectivity index (χ1) is 14.3. The van der Waals surface area contributed by atoms with Crippen molar-refractivity contribution in [2.45, 2.75) is 6.92 Å². The summed E-state index contributed by atoms with van der Waals surface area (Å²) in [5.41, 5.74) is 5.61. The van der Waals surface area contributed by atoms with Gasteiger partial charge in [-0.05, 0) is 40.5 Å². The summed E-state index contributed by atoms with van der Waals surface area (Å²) in [5.74, 6) is 1.37. The van der Waals surface area contributed by atoms with E-state index in [1.54, 1.807) is 6.33 Å². The van der Waals surface area contributed by atoms with Gasteiger partial charge in [0.25, 0.3) is 0 Å². The van der Waals surface area contributed by atoms with Gasteiger partial charge in [0.05, 0.1) is 0 Å². The zero-order chi connectivity index (χ0) is 19.6. The van der Waals surface area contributed by atoms with Crippen LogP contribution in [0.5, 0.6) is 0 Å². The molecule has 29 heavy (non-hydrogen) atoms. The second kappa shape index (κ2) is 7.28. The average Bonchev–Trinajstić information content (AvgIpc) is 2.80. The minimum absolute atomic E-state index is 0.680. The van der Waals surface area contributed by atoms with E-state index < -0.39 is 0 Å².